The van der Waals surface area contributed by atoms with Crippen LogP contribution in [0.5, 0.6) is 0 Å². The molecule has 2 unspecified atom stereocenters. The predicted molar refractivity (Wildman–Crippen MR) is 73.7 cm³/mol. The third kappa shape index (κ3) is 3.38. The van der Waals surface area contributed by atoms with Crippen LogP contribution in [0.25, 0.3) is 0 Å². The van der Waals surface area contributed by atoms with E-state index in [-0.39, 0.29) is 24.5 Å². The lowest BCUT2D eigenvalue weighted by Gasteiger charge is -2.40. The Labute approximate surface area is 132 Å². The average Bonchev–Trinajstić information content (AvgIpc) is 2.54. The summed E-state index contributed by atoms with van der Waals surface area (Å²) in [4.78, 5) is 0. The van der Waals surface area contributed by atoms with Gasteiger partial charge in [0.2, 0.25) is 0 Å². The summed E-state index contributed by atoms with van der Waals surface area (Å²) >= 11 is 0. The molecule has 2 aliphatic rings. The number of halogens is 3. The van der Waals surface area contributed by atoms with Crippen molar-refractivity contribution in [2.45, 2.75) is 31.8 Å². The summed E-state index contributed by atoms with van der Waals surface area (Å²) in [5.41, 5.74) is -0.133. The van der Waals surface area contributed by atoms with Crippen molar-refractivity contribution in [3.05, 3.63) is 35.1 Å². The number of ether oxygens (including phenoxy) is 3. The van der Waals surface area contributed by atoms with Crippen molar-refractivity contribution in [2.24, 2.45) is 11.8 Å². The van der Waals surface area contributed by atoms with Crippen LogP contribution >= 0.6 is 0 Å². The molecular weight excluding hydrogens is 313 g/mol. The zero-order valence-electron chi connectivity index (χ0n) is 12.7. The minimum atomic E-state index is -1.84. The second-order valence-corrected chi connectivity index (χ2v) is 6.29. The van der Waals surface area contributed by atoms with E-state index in [1.807, 2.05) is 6.92 Å². The van der Waals surface area contributed by atoms with E-state index < -0.39 is 29.5 Å². The van der Waals surface area contributed by atoms with Crippen molar-refractivity contribution in [3.8, 4) is 0 Å². The zero-order chi connectivity index (χ0) is 16.6. The highest BCUT2D eigenvalue weighted by molar-refractivity contribution is 5.24. The maximum absolute atomic E-state index is 13.3. The van der Waals surface area contributed by atoms with Gasteiger partial charge >= 0.3 is 0 Å². The molecule has 0 aromatic heterocycles. The molecule has 7 heteroatoms. The van der Waals surface area contributed by atoms with Gasteiger partial charge in [0.25, 0.3) is 0 Å². The van der Waals surface area contributed by atoms with E-state index in [4.69, 9.17) is 14.2 Å². The highest BCUT2D eigenvalue weighted by Gasteiger charge is 2.41. The van der Waals surface area contributed by atoms with Crippen molar-refractivity contribution < 1.29 is 32.5 Å². The van der Waals surface area contributed by atoms with Gasteiger partial charge in [-0.15, -0.1) is 0 Å². The maximum Gasteiger partial charge on any atom is 0.194 e. The average molecular weight is 332 g/mol. The second kappa shape index (κ2) is 6.39. The Morgan fingerprint density at radius 1 is 1.09 bits per heavy atom. The van der Waals surface area contributed by atoms with E-state index >= 15 is 0 Å². The van der Waals surface area contributed by atoms with Gasteiger partial charge in [0.05, 0.1) is 19.8 Å². The minimum Gasteiger partial charge on any atom is -0.362 e. The van der Waals surface area contributed by atoms with Crippen molar-refractivity contribution in [2.75, 3.05) is 19.8 Å². The van der Waals surface area contributed by atoms with E-state index in [0.29, 0.717) is 25.6 Å². The monoisotopic (exact) mass is 332 g/mol. The van der Waals surface area contributed by atoms with Crippen molar-refractivity contribution in [1.82, 2.24) is 0 Å². The molecular formula is C16H19F3O4. The van der Waals surface area contributed by atoms with Crippen LogP contribution in [0.2, 0.25) is 0 Å². The Morgan fingerprint density at radius 3 is 2.22 bits per heavy atom. The summed E-state index contributed by atoms with van der Waals surface area (Å²) in [7, 11) is 0. The van der Waals surface area contributed by atoms with Crippen LogP contribution in [0, 0.1) is 29.3 Å². The zero-order valence-corrected chi connectivity index (χ0v) is 12.7. The summed E-state index contributed by atoms with van der Waals surface area (Å²) in [6, 6.07) is 1.52. The number of benzene rings is 1. The van der Waals surface area contributed by atoms with Gasteiger partial charge in [-0.05, 0) is 18.6 Å². The van der Waals surface area contributed by atoms with Crippen LogP contribution < -0.4 is 0 Å². The van der Waals surface area contributed by atoms with Gasteiger partial charge in [0.15, 0.2) is 29.5 Å². The van der Waals surface area contributed by atoms with Crippen LogP contribution in [-0.4, -0.2) is 31.2 Å². The highest BCUT2D eigenvalue weighted by atomic mass is 19.2. The van der Waals surface area contributed by atoms with Gasteiger partial charge in [-0.2, -0.15) is 0 Å². The summed E-state index contributed by atoms with van der Waals surface area (Å²) in [6.45, 7) is 3.33. The summed E-state index contributed by atoms with van der Waals surface area (Å²) in [5, 5.41) is 10.5. The van der Waals surface area contributed by atoms with Crippen LogP contribution in [0.1, 0.15) is 25.3 Å². The largest absolute Gasteiger partial charge is 0.362 e. The number of aliphatic hydroxyl groups is 1. The molecule has 2 fully saturated rings. The maximum atomic E-state index is 13.3. The number of hydrogen-bond donors (Lipinski definition) is 1. The summed E-state index contributed by atoms with van der Waals surface area (Å²) in [6.07, 6.45) is 0.203. The molecule has 1 N–H and O–H groups in total. The first-order valence-corrected chi connectivity index (χ1v) is 7.63. The first-order chi connectivity index (χ1) is 10.9. The fourth-order valence-electron chi connectivity index (χ4n) is 2.89. The Balaban J connectivity index is 1.67. The molecule has 1 aromatic rings. The van der Waals surface area contributed by atoms with Crippen molar-refractivity contribution in [3.63, 3.8) is 0 Å². The molecule has 0 aliphatic carbocycles. The summed E-state index contributed by atoms with van der Waals surface area (Å²) in [5.74, 6) is -5.85. The molecule has 2 aliphatic heterocycles. The first-order valence-electron chi connectivity index (χ1n) is 7.63. The van der Waals surface area contributed by atoms with Crippen LogP contribution in [0.3, 0.4) is 0 Å². The minimum absolute atomic E-state index is 0.0714. The van der Waals surface area contributed by atoms with Crippen molar-refractivity contribution >= 4 is 0 Å². The lowest BCUT2D eigenvalue weighted by Crippen LogP contribution is -2.44. The van der Waals surface area contributed by atoms with Crippen LogP contribution in [0.4, 0.5) is 13.2 Å². The number of rotatable bonds is 2. The Bertz CT molecular complexity index is 541. The lowest BCUT2D eigenvalue weighted by atomic mass is 9.91. The molecule has 2 saturated heterocycles. The molecule has 2 atom stereocenters. The van der Waals surface area contributed by atoms with Gasteiger partial charge in [-0.3, -0.25) is 0 Å². The van der Waals surface area contributed by atoms with Gasteiger partial charge in [-0.25, -0.2) is 13.2 Å². The third-order valence-electron chi connectivity index (χ3n) is 4.30. The Kier molecular flexibility index (Phi) is 4.64. The van der Waals surface area contributed by atoms with E-state index in [1.165, 1.54) is 0 Å². The molecule has 4 nitrogen and oxygen atoms in total. The SMILES string of the molecule is CC1COC(C2CCC(O)(c3cc(F)c(F)c(F)c3)OC2)OC1. The molecule has 0 bridgehead atoms. The van der Waals surface area contributed by atoms with Crippen molar-refractivity contribution in [1.29, 1.82) is 0 Å². The molecule has 128 valence electrons. The normalized spacial score (nSPS) is 35.3. The van der Waals surface area contributed by atoms with E-state index in [2.05, 4.69) is 0 Å². The van der Waals surface area contributed by atoms with Gasteiger partial charge in [0.1, 0.15) is 0 Å². The Hall–Kier alpha value is -1.15. The van der Waals surface area contributed by atoms with Crippen LogP contribution in [-0.2, 0) is 20.0 Å². The Morgan fingerprint density at radius 2 is 1.70 bits per heavy atom. The first kappa shape index (κ1) is 16.7. The predicted octanol–water partition coefficient (Wildman–Crippen LogP) is 2.68. The molecule has 1 aromatic carbocycles. The molecule has 0 saturated carbocycles. The third-order valence-corrected chi connectivity index (χ3v) is 4.30. The topological polar surface area (TPSA) is 47.9 Å². The molecule has 0 spiro atoms. The van der Waals surface area contributed by atoms with Gasteiger partial charge < -0.3 is 19.3 Å². The fourth-order valence-corrected chi connectivity index (χ4v) is 2.89. The number of hydrogen-bond acceptors (Lipinski definition) is 4. The van der Waals surface area contributed by atoms with E-state index in [0.717, 1.165) is 12.1 Å². The standard InChI is InChI=1S/C16H19F3O4/c1-9-6-21-15(22-7-9)10-2-3-16(20,23-8-10)11-4-12(17)14(19)13(18)5-11/h4-5,9-10,15,20H,2-3,6-8H2,1H3. The second-order valence-electron chi connectivity index (χ2n) is 6.29. The quantitative estimate of drug-likeness (QED) is 0.846. The molecule has 0 amide bonds. The summed E-state index contributed by atoms with van der Waals surface area (Å²) < 4.78 is 56.4. The lowest BCUT2D eigenvalue weighted by molar-refractivity contribution is -0.288. The fraction of sp³-hybridized carbons (Fsp3) is 0.625. The molecule has 2 heterocycles. The molecule has 0 radical (unpaired) electrons. The molecule has 3 rings (SSSR count). The van der Waals surface area contributed by atoms with E-state index in [1.54, 1.807) is 0 Å². The van der Waals surface area contributed by atoms with Gasteiger partial charge in [0, 0.05) is 23.8 Å². The smallest absolute Gasteiger partial charge is 0.194 e. The highest BCUT2D eigenvalue weighted by Crippen LogP contribution is 2.38. The molecule has 23 heavy (non-hydrogen) atoms. The van der Waals surface area contributed by atoms with Crippen LogP contribution in [0.15, 0.2) is 12.1 Å². The van der Waals surface area contributed by atoms with Gasteiger partial charge in [-0.1, -0.05) is 6.92 Å². The van der Waals surface area contributed by atoms with E-state index in [9.17, 15) is 18.3 Å².